The van der Waals surface area contributed by atoms with Crippen molar-refractivity contribution in [3.05, 3.63) is 41.5 Å². The van der Waals surface area contributed by atoms with Crippen LogP contribution in [0.1, 0.15) is 54.9 Å². The SMILES string of the molecule is COc1cc(/C=C/C(=O)OC[C@@H](C)CN(C)CCCCCCCOC(=O)c2cc(OC)c(OC)c(OC)c2)cc(OC)c1OC. The lowest BCUT2D eigenvalue weighted by Crippen LogP contribution is -2.28. The third kappa shape index (κ3) is 12.1. The second-order valence-corrected chi connectivity index (χ2v) is 10.6. The highest BCUT2D eigenvalue weighted by Gasteiger charge is 2.18. The standard InChI is InChI=1S/C34H49NO10/c1-24(23-45-31(36)15-14-25-18-27(38-3)32(42-7)28(19-25)39-4)22-35(2)16-12-10-9-11-13-17-44-34(37)26-20-29(40-5)33(43-8)30(21-26)41-6/h14-15,18-21,24H,9-13,16-17,22-23H2,1-8H3/b15-14+/t24-/m0/s1. The van der Waals surface area contributed by atoms with Crippen molar-refractivity contribution in [2.24, 2.45) is 5.92 Å². The molecule has 0 aliphatic carbocycles. The Morgan fingerprint density at radius 3 is 1.76 bits per heavy atom. The van der Waals surface area contributed by atoms with Gasteiger partial charge in [-0.1, -0.05) is 26.2 Å². The molecule has 0 fully saturated rings. The maximum absolute atomic E-state index is 12.5. The fourth-order valence-corrected chi connectivity index (χ4v) is 4.77. The summed E-state index contributed by atoms with van der Waals surface area (Å²) in [5.74, 6) is 2.11. The molecule has 0 unspecified atom stereocenters. The van der Waals surface area contributed by atoms with Gasteiger partial charge in [-0.05, 0) is 62.3 Å². The number of nitrogens with zero attached hydrogens (tertiary/aromatic N) is 1. The number of carbonyl (C=O) groups is 2. The van der Waals surface area contributed by atoms with Crippen LogP contribution >= 0.6 is 0 Å². The molecule has 0 aliphatic heterocycles. The van der Waals surface area contributed by atoms with Gasteiger partial charge in [0.25, 0.3) is 0 Å². The highest BCUT2D eigenvalue weighted by atomic mass is 16.5. The average Bonchev–Trinajstić information content (AvgIpc) is 3.05. The maximum atomic E-state index is 12.5. The first-order valence-electron chi connectivity index (χ1n) is 15.0. The molecule has 0 aromatic heterocycles. The Labute approximate surface area is 267 Å². The van der Waals surface area contributed by atoms with E-state index in [2.05, 4.69) is 18.9 Å². The zero-order valence-corrected chi connectivity index (χ0v) is 27.9. The van der Waals surface area contributed by atoms with Gasteiger partial charge in [0, 0.05) is 18.5 Å². The maximum Gasteiger partial charge on any atom is 0.338 e. The van der Waals surface area contributed by atoms with Gasteiger partial charge < -0.3 is 42.8 Å². The van der Waals surface area contributed by atoms with Crippen LogP contribution in [-0.2, 0) is 14.3 Å². The highest BCUT2D eigenvalue weighted by molar-refractivity contribution is 5.91. The summed E-state index contributed by atoms with van der Waals surface area (Å²) in [5, 5.41) is 0. The fraction of sp³-hybridized carbons (Fsp3) is 0.529. The van der Waals surface area contributed by atoms with Crippen molar-refractivity contribution in [2.45, 2.75) is 39.0 Å². The summed E-state index contributed by atoms with van der Waals surface area (Å²) in [7, 11) is 11.2. The molecule has 0 saturated heterocycles. The molecule has 0 N–H and O–H groups in total. The monoisotopic (exact) mass is 631 g/mol. The lowest BCUT2D eigenvalue weighted by molar-refractivity contribution is -0.139. The molecular formula is C34H49NO10. The molecule has 45 heavy (non-hydrogen) atoms. The van der Waals surface area contributed by atoms with E-state index in [1.165, 1.54) is 34.5 Å². The molecule has 2 aromatic rings. The minimum absolute atomic E-state index is 0.189. The second-order valence-electron chi connectivity index (χ2n) is 10.6. The summed E-state index contributed by atoms with van der Waals surface area (Å²) in [4.78, 5) is 27.0. The number of esters is 2. The zero-order chi connectivity index (χ0) is 33.2. The number of rotatable bonds is 21. The van der Waals surface area contributed by atoms with E-state index in [9.17, 15) is 9.59 Å². The summed E-state index contributed by atoms with van der Waals surface area (Å²) in [6.07, 6.45) is 8.02. The quantitative estimate of drug-likeness (QED) is 0.0965. The molecule has 0 heterocycles. The van der Waals surface area contributed by atoms with E-state index in [-0.39, 0.29) is 5.92 Å². The summed E-state index contributed by atoms with van der Waals surface area (Å²) in [5.41, 5.74) is 1.08. The van der Waals surface area contributed by atoms with E-state index in [4.69, 9.17) is 37.9 Å². The van der Waals surface area contributed by atoms with Crippen LogP contribution in [0, 0.1) is 5.92 Å². The van der Waals surface area contributed by atoms with Crippen LogP contribution in [0.25, 0.3) is 6.08 Å². The van der Waals surface area contributed by atoms with Crippen molar-refractivity contribution in [2.75, 3.05) is 76.0 Å². The molecular weight excluding hydrogens is 582 g/mol. The van der Waals surface area contributed by atoms with E-state index < -0.39 is 11.9 Å². The number of methoxy groups -OCH3 is 6. The van der Waals surface area contributed by atoms with Gasteiger partial charge >= 0.3 is 11.9 Å². The Morgan fingerprint density at radius 2 is 1.22 bits per heavy atom. The molecule has 0 spiro atoms. The largest absolute Gasteiger partial charge is 0.493 e. The Kier molecular flexibility index (Phi) is 16.5. The van der Waals surface area contributed by atoms with E-state index >= 15 is 0 Å². The molecule has 0 radical (unpaired) electrons. The summed E-state index contributed by atoms with van der Waals surface area (Å²) in [6.45, 7) is 4.52. The number of ether oxygens (including phenoxy) is 8. The Bertz CT molecular complexity index is 1200. The molecule has 11 nitrogen and oxygen atoms in total. The summed E-state index contributed by atoms with van der Waals surface area (Å²) in [6, 6.07) is 6.69. The van der Waals surface area contributed by atoms with E-state index in [1.807, 2.05) is 0 Å². The molecule has 0 amide bonds. The van der Waals surface area contributed by atoms with Crippen molar-refractivity contribution in [3.8, 4) is 34.5 Å². The van der Waals surface area contributed by atoms with Crippen molar-refractivity contribution in [1.82, 2.24) is 4.90 Å². The number of hydrogen-bond acceptors (Lipinski definition) is 11. The van der Waals surface area contributed by atoms with Gasteiger partial charge in [-0.2, -0.15) is 0 Å². The summed E-state index contributed by atoms with van der Waals surface area (Å²) >= 11 is 0. The van der Waals surface area contributed by atoms with E-state index in [0.29, 0.717) is 53.3 Å². The van der Waals surface area contributed by atoms with Gasteiger partial charge in [0.1, 0.15) is 0 Å². The number of carbonyl (C=O) groups excluding carboxylic acids is 2. The van der Waals surface area contributed by atoms with Crippen molar-refractivity contribution < 1.29 is 47.5 Å². The minimum Gasteiger partial charge on any atom is -0.493 e. The molecule has 0 bridgehead atoms. The van der Waals surface area contributed by atoms with Crippen LogP contribution in [0.5, 0.6) is 34.5 Å². The normalized spacial score (nSPS) is 11.7. The third-order valence-electron chi connectivity index (χ3n) is 7.05. The number of unbranched alkanes of at least 4 members (excludes halogenated alkanes) is 4. The van der Waals surface area contributed by atoms with Crippen LogP contribution in [0.3, 0.4) is 0 Å². The lowest BCUT2D eigenvalue weighted by atomic mass is 10.1. The topological polar surface area (TPSA) is 111 Å². The predicted molar refractivity (Wildman–Crippen MR) is 172 cm³/mol. The number of benzene rings is 2. The predicted octanol–water partition coefficient (Wildman–Crippen LogP) is 5.67. The molecule has 2 aromatic carbocycles. The van der Waals surface area contributed by atoms with Crippen molar-refractivity contribution in [1.29, 1.82) is 0 Å². The molecule has 11 heteroatoms. The Balaban J connectivity index is 1.61. The van der Waals surface area contributed by atoms with Crippen LogP contribution in [0.15, 0.2) is 30.3 Å². The van der Waals surface area contributed by atoms with Gasteiger partial charge in [-0.15, -0.1) is 0 Å². The van der Waals surface area contributed by atoms with E-state index in [0.717, 1.165) is 50.8 Å². The van der Waals surface area contributed by atoms with Crippen molar-refractivity contribution in [3.63, 3.8) is 0 Å². The first-order valence-corrected chi connectivity index (χ1v) is 15.0. The second kappa shape index (κ2) is 20.0. The van der Waals surface area contributed by atoms with Gasteiger partial charge in [0.15, 0.2) is 23.0 Å². The molecule has 250 valence electrons. The number of hydrogen-bond donors (Lipinski definition) is 0. The van der Waals surface area contributed by atoms with Crippen LogP contribution < -0.4 is 28.4 Å². The van der Waals surface area contributed by atoms with Gasteiger partial charge in [-0.25, -0.2) is 9.59 Å². The lowest BCUT2D eigenvalue weighted by Gasteiger charge is -2.21. The minimum atomic E-state index is -0.426. The van der Waals surface area contributed by atoms with Crippen LogP contribution in [0.4, 0.5) is 0 Å². The van der Waals surface area contributed by atoms with Crippen LogP contribution in [-0.4, -0.2) is 92.8 Å². The smallest absolute Gasteiger partial charge is 0.338 e. The molecule has 1 atom stereocenters. The third-order valence-corrected chi connectivity index (χ3v) is 7.05. The molecule has 0 aliphatic rings. The molecule has 2 rings (SSSR count). The first-order chi connectivity index (χ1) is 21.7. The van der Waals surface area contributed by atoms with Gasteiger partial charge in [0.05, 0.1) is 61.4 Å². The Hall–Kier alpha value is -4.12. The van der Waals surface area contributed by atoms with E-state index in [1.54, 1.807) is 44.6 Å². The fourth-order valence-electron chi connectivity index (χ4n) is 4.77. The average molecular weight is 632 g/mol. The Morgan fingerprint density at radius 1 is 0.711 bits per heavy atom. The van der Waals surface area contributed by atoms with Crippen molar-refractivity contribution >= 4 is 18.0 Å². The van der Waals surface area contributed by atoms with Crippen LogP contribution in [0.2, 0.25) is 0 Å². The summed E-state index contributed by atoms with van der Waals surface area (Å²) < 4.78 is 42.8. The first kappa shape index (κ1) is 37.1. The van der Waals surface area contributed by atoms with Gasteiger partial charge in [-0.3, -0.25) is 0 Å². The zero-order valence-electron chi connectivity index (χ0n) is 27.9. The van der Waals surface area contributed by atoms with Gasteiger partial charge in [0.2, 0.25) is 11.5 Å². The highest BCUT2D eigenvalue weighted by Crippen LogP contribution is 2.39. The molecule has 0 saturated carbocycles.